The number of hydrogen-bond acceptors (Lipinski definition) is 10. The Morgan fingerprint density at radius 1 is 0.900 bits per heavy atom. The van der Waals surface area contributed by atoms with Crippen molar-refractivity contribution in [1.82, 2.24) is 0 Å². The lowest BCUT2D eigenvalue weighted by molar-refractivity contribution is -0.360. The van der Waals surface area contributed by atoms with E-state index in [1.54, 1.807) is 6.92 Å². The van der Waals surface area contributed by atoms with Crippen LogP contribution in [-0.4, -0.2) is 67.3 Å². The van der Waals surface area contributed by atoms with Gasteiger partial charge < -0.3 is 28.4 Å². The van der Waals surface area contributed by atoms with E-state index in [1.165, 1.54) is 27.2 Å². The Labute approximate surface area is 175 Å². The highest BCUT2D eigenvalue weighted by Gasteiger charge is 2.59. The van der Waals surface area contributed by atoms with E-state index in [1.807, 2.05) is 0 Å². The molecule has 0 amide bonds. The Bertz CT molecular complexity index is 645. The molecule has 3 fully saturated rings. The highest BCUT2D eigenvalue weighted by Crippen LogP contribution is 2.41. The summed E-state index contributed by atoms with van der Waals surface area (Å²) in [5.74, 6) is -3.13. The lowest BCUT2D eigenvalue weighted by Gasteiger charge is -2.40. The van der Waals surface area contributed by atoms with E-state index >= 15 is 0 Å². The molecule has 0 bridgehead atoms. The Hall–Kier alpha value is -1.75. The van der Waals surface area contributed by atoms with Gasteiger partial charge in [0.25, 0.3) is 5.97 Å². The van der Waals surface area contributed by atoms with Crippen LogP contribution < -0.4 is 0 Å². The first-order valence-electron chi connectivity index (χ1n) is 10.3. The number of esters is 3. The van der Waals surface area contributed by atoms with Crippen molar-refractivity contribution >= 4 is 17.9 Å². The van der Waals surface area contributed by atoms with Crippen molar-refractivity contribution in [2.45, 2.75) is 103 Å². The Morgan fingerprint density at radius 3 is 2.13 bits per heavy atom. The van der Waals surface area contributed by atoms with Crippen LogP contribution in [0.1, 0.15) is 59.8 Å². The van der Waals surface area contributed by atoms with Crippen LogP contribution in [0.15, 0.2) is 0 Å². The summed E-state index contributed by atoms with van der Waals surface area (Å²) < 4.78 is 39.8. The Morgan fingerprint density at radius 2 is 1.53 bits per heavy atom. The second-order valence-electron chi connectivity index (χ2n) is 7.93. The van der Waals surface area contributed by atoms with E-state index in [0.717, 1.165) is 25.7 Å². The number of fused-ring (bicyclic) bond motifs is 1. The Balaban J connectivity index is 1.80. The molecule has 1 unspecified atom stereocenters. The molecule has 0 aromatic rings. The van der Waals surface area contributed by atoms with Gasteiger partial charge in [0.2, 0.25) is 0 Å². The van der Waals surface area contributed by atoms with E-state index < -0.39 is 54.6 Å². The maximum absolute atomic E-state index is 11.8. The summed E-state index contributed by atoms with van der Waals surface area (Å²) in [6, 6.07) is 0. The van der Waals surface area contributed by atoms with Gasteiger partial charge in [0.15, 0.2) is 24.6 Å². The van der Waals surface area contributed by atoms with Crippen LogP contribution in [0.5, 0.6) is 0 Å². The number of carbonyl (C=O) groups is 3. The molecule has 0 spiro atoms. The summed E-state index contributed by atoms with van der Waals surface area (Å²) in [7, 11) is 0. The number of carbonyl (C=O) groups excluding carboxylic acids is 3. The fourth-order valence-corrected chi connectivity index (χ4v) is 4.12. The topological polar surface area (TPSA) is 116 Å². The SMILES string of the molecule is CC(=O)OC[C@@H]1O[C@@H]2OC(C)(OC3CCCCC3)O[C@H]2[C@H](OC(C)=O)[C@H]1OC(C)=O. The molecule has 10 nitrogen and oxygen atoms in total. The fourth-order valence-electron chi connectivity index (χ4n) is 4.12. The standard InChI is InChI=1S/C20H30O10/c1-11(21)24-10-15-16(25-12(2)22)17(26-13(3)23)18-19(27-15)30-20(4,29-18)28-14-8-6-5-7-9-14/h14-19H,5-10H2,1-4H3/t15-,16-,17+,18-,19+,20?/m0/s1. The predicted molar refractivity (Wildman–Crippen MR) is 98.7 cm³/mol. The molecule has 30 heavy (non-hydrogen) atoms. The first-order valence-corrected chi connectivity index (χ1v) is 10.3. The zero-order valence-electron chi connectivity index (χ0n) is 17.8. The molecule has 2 aliphatic heterocycles. The molecule has 2 saturated heterocycles. The smallest absolute Gasteiger partial charge is 0.303 e. The van der Waals surface area contributed by atoms with Crippen LogP contribution in [0.4, 0.5) is 0 Å². The summed E-state index contributed by atoms with van der Waals surface area (Å²) in [6.07, 6.45) is 0.252. The molecule has 170 valence electrons. The third-order valence-electron chi connectivity index (χ3n) is 5.26. The highest BCUT2D eigenvalue weighted by molar-refractivity contribution is 5.67. The monoisotopic (exact) mass is 430 g/mol. The van der Waals surface area contributed by atoms with E-state index in [9.17, 15) is 14.4 Å². The Kier molecular flexibility index (Phi) is 7.33. The summed E-state index contributed by atoms with van der Waals surface area (Å²) in [4.78, 5) is 34.7. The molecule has 1 aliphatic carbocycles. The number of hydrogen-bond donors (Lipinski definition) is 0. The summed E-state index contributed by atoms with van der Waals surface area (Å²) in [5.41, 5.74) is 0. The van der Waals surface area contributed by atoms with Crippen molar-refractivity contribution in [2.24, 2.45) is 0 Å². The van der Waals surface area contributed by atoms with Crippen LogP contribution in [0.25, 0.3) is 0 Å². The molecule has 0 aromatic carbocycles. The van der Waals surface area contributed by atoms with Crippen molar-refractivity contribution in [3.8, 4) is 0 Å². The largest absolute Gasteiger partial charge is 0.463 e. The van der Waals surface area contributed by atoms with Crippen LogP contribution in [0.2, 0.25) is 0 Å². The number of ether oxygens (including phenoxy) is 7. The quantitative estimate of drug-likeness (QED) is 0.454. The fraction of sp³-hybridized carbons (Fsp3) is 0.850. The average Bonchev–Trinajstić information content (AvgIpc) is 2.98. The molecular weight excluding hydrogens is 400 g/mol. The molecule has 1 saturated carbocycles. The van der Waals surface area contributed by atoms with Gasteiger partial charge in [0, 0.05) is 27.7 Å². The molecule has 2 heterocycles. The van der Waals surface area contributed by atoms with Gasteiger partial charge in [-0.1, -0.05) is 19.3 Å². The zero-order valence-corrected chi connectivity index (χ0v) is 17.8. The number of rotatable bonds is 6. The predicted octanol–water partition coefficient (Wildman–Crippen LogP) is 1.58. The van der Waals surface area contributed by atoms with Crippen molar-refractivity contribution in [1.29, 1.82) is 0 Å². The van der Waals surface area contributed by atoms with Gasteiger partial charge in [-0.25, -0.2) is 0 Å². The lowest BCUT2D eigenvalue weighted by atomic mass is 9.98. The minimum Gasteiger partial charge on any atom is -0.463 e. The van der Waals surface area contributed by atoms with Gasteiger partial charge in [0.1, 0.15) is 12.7 Å². The molecule has 3 rings (SSSR count). The van der Waals surface area contributed by atoms with Crippen LogP contribution in [0, 0.1) is 0 Å². The molecule has 0 radical (unpaired) electrons. The van der Waals surface area contributed by atoms with E-state index in [4.69, 9.17) is 33.2 Å². The molecule has 0 N–H and O–H groups in total. The van der Waals surface area contributed by atoms with Crippen molar-refractivity contribution < 1.29 is 47.5 Å². The molecule has 0 aromatic heterocycles. The zero-order chi connectivity index (χ0) is 21.9. The summed E-state index contributed by atoms with van der Waals surface area (Å²) >= 11 is 0. The van der Waals surface area contributed by atoms with Gasteiger partial charge in [-0.15, -0.1) is 0 Å². The molecule has 6 atom stereocenters. The minimum atomic E-state index is -1.41. The maximum Gasteiger partial charge on any atom is 0.303 e. The van der Waals surface area contributed by atoms with Crippen LogP contribution in [0.3, 0.4) is 0 Å². The summed E-state index contributed by atoms with van der Waals surface area (Å²) in [5, 5.41) is 0. The normalized spacial score (nSPS) is 36.6. The molecule has 3 aliphatic rings. The van der Waals surface area contributed by atoms with Crippen molar-refractivity contribution in [3.63, 3.8) is 0 Å². The van der Waals surface area contributed by atoms with Gasteiger partial charge in [0.05, 0.1) is 6.10 Å². The lowest BCUT2D eigenvalue weighted by Crippen LogP contribution is -2.60. The first kappa shape index (κ1) is 22.9. The average molecular weight is 430 g/mol. The minimum absolute atomic E-state index is 0.0165. The van der Waals surface area contributed by atoms with E-state index in [-0.39, 0.29) is 12.7 Å². The third-order valence-corrected chi connectivity index (χ3v) is 5.26. The third kappa shape index (κ3) is 5.69. The van der Waals surface area contributed by atoms with Gasteiger partial charge in [-0.2, -0.15) is 0 Å². The molecule has 10 heteroatoms. The van der Waals surface area contributed by atoms with Crippen LogP contribution >= 0.6 is 0 Å². The first-order chi connectivity index (χ1) is 14.2. The van der Waals surface area contributed by atoms with Crippen LogP contribution in [-0.2, 0) is 47.5 Å². The second kappa shape index (κ2) is 9.59. The van der Waals surface area contributed by atoms with E-state index in [2.05, 4.69) is 0 Å². The summed E-state index contributed by atoms with van der Waals surface area (Å²) in [6.45, 7) is 5.14. The van der Waals surface area contributed by atoms with Gasteiger partial charge in [-0.3, -0.25) is 19.1 Å². The van der Waals surface area contributed by atoms with Gasteiger partial charge >= 0.3 is 17.9 Å². The molecular formula is C20H30O10. The van der Waals surface area contributed by atoms with Crippen molar-refractivity contribution in [3.05, 3.63) is 0 Å². The second-order valence-corrected chi connectivity index (χ2v) is 7.93. The van der Waals surface area contributed by atoms with Gasteiger partial charge in [-0.05, 0) is 12.8 Å². The van der Waals surface area contributed by atoms with E-state index in [0.29, 0.717) is 0 Å². The van der Waals surface area contributed by atoms with Crippen molar-refractivity contribution in [2.75, 3.05) is 6.61 Å². The maximum atomic E-state index is 11.8. The highest BCUT2D eigenvalue weighted by atomic mass is 16.9.